The van der Waals surface area contributed by atoms with Crippen molar-refractivity contribution < 1.29 is 14.8 Å². The first-order valence-electron chi connectivity index (χ1n) is 8.32. The minimum Gasteiger partial charge on any atom is -0.270 e. The van der Waals surface area contributed by atoms with Crippen molar-refractivity contribution in [3.63, 3.8) is 0 Å². The molecule has 1 aliphatic rings. The maximum absolute atomic E-state index is 11.8. The van der Waals surface area contributed by atoms with Gasteiger partial charge in [0.2, 0.25) is 0 Å². The molecule has 0 heterocycles. The summed E-state index contributed by atoms with van der Waals surface area (Å²) in [7, 11) is 0. The van der Waals surface area contributed by atoms with Gasteiger partial charge >= 0.3 is 0 Å². The van der Waals surface area contributed by atoms with Crippen molar-refractivity contribution in [3.8, 4) is 0 Å². The van der Waals surface area contributed by atoms with Gasteiger partial charge in [0.15, 0.2) is 0 Å². The average Bonchev–Trinajstić information content (AvgIpc) is 2.73. The molecular formula is C18H15N5O6. The molecule has 2 unspecified atom stereocenters. The molecule has 0 spiro atoms. The lowest BCUT2D eigenvalue weighted by atomic mass is 9.71. The molecule has 0 bridgehead atoms. The molecule has 3 rings (SSSR count). The second-order valence-corrected chi connectivity index (χ2v) is 6.28. The van der Waals surface area contributed by atoms with Crippen LogP contribution in [0.4, 0.5) is 17.1 Å². The number of nitrogens with zero attached hydrogens (tertiary/aromatic N) is 3. The van der Waals surface area contributed by atoms with Crippen molar-refractivity contribution in [2.75, 3.05) is 0 Å². The molecule has 2 aromatic carbocycles. The molecule has 11 heteroatoms. The Bertz CT molecular complexity index is 1020. The monoisotopic (exact) mass is 397 g/mol. The molecule has 2 aromatic rings. The maximum Gasteiger partial charge on any atom is 0.288 e. The van der Waals surface area contributed by atoms with E-state index in [0.29, 0.717) is 17.7 Å². The SMILES string of the molecule is NNC1(c2c([N+](=O)[O-])cc([N+](=O)[O-])cc2[N+](=O)[O-])C=CC=CC1c1ccccc1. The zero-order valence-electron chi connectivity index (χ0n) is 14.8. The van der Waals surface area contributed by atoms with Gasteiger partial charge in [0.05, 0.1) is 32.4 Å². The minimum absolute atomic E-state index is 0.366. The van der Waals surface area contributed by atoms with E-state index in [-0.39, 0.29) is 5.56 Å². The van der Waals surface area contributed by atoms with Crippen LogP contribution in [0.2, 0.25) is 0 Å². The summed E-state index contributed by atoms with van der Waals surface area (Å²) in [6.07, 6.45) is 6.42. The van der Waals surface area contributed by atoms with Crippen molar-refractivity contribution in [2.24, 2.45) is 5.84 Å². The first-order chi connectivity index (χ1) is 13.8. The molecule has 0 fully saturated rings. The molecule has 0 saturated carbocycles. The fourth-order valence-corrected chi connectivity index (χ4v) is 3.54. The predicted molar refractivity (Wildman–Crippen MR) is 103 cm³/mol. The molecule has 0 aliphatic heterocycles. The van der Waals surface area contributed by atoms with Gasteiger partial charge in [-0.25, -0.2) is 5.43 Å². The summed E-state index contributed by atoms with van der Waals surface area (Å²) in [5.74, 6) is 5.16. The fraction of sp³-hybridized carbons (Fsp3) is 0.111. The summed E-state index contributed by atoms with van der Waals surface area (Å²) in [5.41, 5.74) is -1.07. The number of allylic oxidation sites excluding steroid dienone is 2. The molecular weight excluding hydrogens is 382 g/mol. The van der Waals surface area contributed by atoms with Crippen LogP contribution in [0.25, 0.3) is 0 Å². The number of rotatable bonds is 6. The molecule has 0 amide bonds. The van der Waals surface area contributed by atoms with Crippen molar-refractivity contribution >= 4 is 17.1 Å². The summed E-state index contributed by atoms with van der Waals surface area (Å²) in [6, 6.07) is 10.2. The third-order valence-corrected chi connectivity index (χ3v) is 4.76. The summed E-state index contributed by atoms with van der Waals surface area (Å²) in [5, 5.41) is 34.7. The lowest BCUT2D eigenvalue weighted by Gasteiger charge is -2.38. The van der Waals surface area contributed by atoms with E-state index in [1.165, 1.54) is 6.08 Å². The van der Waals surface area contributed by atoms with Crippen LogP contribution in [-0.4, -0.2) is 14.8 Å². The Hall–Kier alpha value is -3.96. The van der Waals surface area contributed by atoms with Gasteiger partial charge in [-0.2, -0.15) is 0 Å². The topological polar surface area (TPSA) is 167 Å². The van der Waals surface area contributed by atoms with Crippen molar-refractivity contribution in [1.29, 1.82) is 0 Å². The highest BCUT2D eigenvalue weighted by Crippen LogP contribution is 2.49. The minimum atomic E-state index is -1.59. The summed E-state index contributed by atoms with van der Waals surface area (Å²) < 4.78 is 0. The Kier molecular flexibility index (Phi) is 5.17. The zero-order chi connectivity index (χ0) is 21.2. The van der Waals surface area contributed by atoms with E-state index in [4.69, 9.17) is 5.84 Å². The number of nitrogens with one attached hydrogen (secondary N) is 1. The van der Waals surface area contributed by atoms with E-state index in [0.717, 1.165) is 0 Å². The number of hydrogen-bond acceptors (Lipinski definition) is 8. The molecule has 0 radical (unpaired) electrons. The zero-order valence-corrected chi connectivity index (χ0v) is 14.8. The quantitative estimate of drug-likeness (QED) is 0.426. The van der Waals surface area contributed by atoms with E-state index in [2.05, 4.69) is 5.43 Å². The van der Waals surface area contributed by atoms with E-state index in [1.54, 1.807) is 48.6 Å². The normalized spacial score (nSPS) is 20.4. The highest BCUT2D eigenvalue weighted by Gasteiger charge is 2.48. The van der Waals surface area contributed by atoms with E-state index >= 15 is 0 Å². The Labute approximate surface area is 163 Å². The Morgan fingerprint density at radius 1 is 0.897 bits per heavy atom. The van der Waals surface area contributed by atoms with E-state index in [9.17, 15) is 30.3 Å². The Balaban J connectivity index is 2.40. The summed E-state index contributed by atoms with van der Waals surface area (Å²) in [6.45, 7) is 0. The van der Waals surface area contributed by atoms with Gasteiger partial charge in [0, 0.05) is 5.92 Å². The highest BCUT2D eigenvalue weighted by molar-refractivity contribution is 5.66. The van der Waals surface area contributed by atoms with Crippen LogP contribution in [0.15, 0.2) is 66.8 Å². The van der Waals surface area contributed by atoms with Gasteiger partial charge in [-0.15, -0.1) is 0 Å². The second kappa shape index (κ2) is 7.58. The lowest BCUT2D eigenvalue weighted by molar-refractivity contribution is -0.404. The van der Waals surface area contributed by atoms with Crippen molar-refractivity contribution in [3.05, 3.63) is 108 Å². The number of benzene rings is 2. The molecule has 148 valence electrons. The number of hydrazine groups is 1. The van der Waals surface area contributed by atoms with Crippen LogP contribution in [0.1, 0.15) is 17.0 Å². The van der Waals surface area contributed by atoms with Gasteiger partial charge in [-0.05, 0) is 5.56 Å². The van der Waals surface area contributed by atoms with E-state index in [1.807, 2.05) is 0 Å². The molecule has 1 aliphatic carbocycles. The number of hydrogen-bond donors (Lipinski definition) is 2. The van der Waals surface area contributed by atoms with Crippen LogP contribution in [0, 0.1) is 30.3 Å². The van der Waals surface area contributed by atoms with Crippen LogP contribution in [0.5, 0.6) is 0 Å². The predicted octanol–water partition coefficient (Wildman–Crippen LogP) is 2.98. The smallest absolute Gasteiger partial charge is 0.270 e. The van der Waals surface area contributed by atoms with Gasteiger partial charge in [0.25, 0.3) is 17.1 Å². The molecule has 3 N–H and O–H groups in total. The van der Waals surface area contributed by atoms with Crippen LogP contribution in [-0.2, 0) is 5.54 Å². The first kappa shape index (κ1) is 19.8. The van der Waals surface area contributed by atoms with Gasteiger partial charge < -0.3 is 0 Å². The molecule has 0 aromatic heterocycles. The molecule has 0 saturated heterocycles. The van der Waals surface area contributed by atoms with E-state index < -0.39 is 43.3 Å². The van der Waals surface area contributed by atoms with Crippen LogP contribution >= 0.6 is 0 Å². The highest BCUT2D eigenvalue weighted by atomic mass is 16.6. The Morgan fingerprint density at radius 3 is 1.97 bits per heavy atom. The van der Waals surface area contributed by atoms with Crippen LogP contribution < -0.4 is 11.3 Å². The van der Waals surface area contributed by atoms with Crippen molar-refractivity contribution in [2.45, 2.75) is 11.5 Å². The lowest BCUT2D eigenvalue weighted by Crippen LogP contribution is -2.50. The van der Waals surface area contributed by atoms with Crippen molar-refractivity contribution in [1.82, 2.24) is 5.43 Å². The maximum atomic E-state index is 11.8. The van der Waals surface area contributed by atoms with Gasteiger partial charge in [-0.3, -0.25) is 36.2 Å². The largest absolute Gasteiger partial charge is 0.288 e. The Morgan fingerprint density at radius 2 is 1.48 bits per heavy atom. The van der Waals surface area contributed by atoms with Gasteiger partial charge in [0.1, 0.15) is 5.56 Å². The summed E-state index contributed by atoms with van der Waals surface area (Å²) in [4.78, 5) is 32.0. The van der Waals surface area contributed by atoms with Gasteiger partial charge in [-0.1, -0.05) is 54.6 Å². The second-order valence-electron chi connectivity index (χ2n) is 6.28. The average molecular weight is 397 g/mol. The standard InChI is InChI=1S/C18H15N5O6/c19-20-18(9-5-4-8-14(18)12-6-2-1-3-7-12)17-15(22(26)27)10-13(21(24)25)11-16(17)23(28)29/h1-11,14,20H,19H2. The number of nitrogens with two attached hydrogens (primary N) is 1. The number of non-ortho nitro benzene ring substituents is 1. The third kappa shape index (κ3) is 3.35. The van der Waals surface area contributed by atoms with Crippen LogP contribution in [0.3, 0.4) is 0 Å². The summed E-state index contributed by atoms with van der Waals surface area (Å²) >= 11 is 0. The molecule has 29 heavy (non-hydrogen) atoms. The number of nitro benzene ring substituents is 3. The molecule has 2 atom stereocenters. The number of nitro groups is 3. The fourth-order valence-electron chi connectivity index (χ4n) is 3.54. The first-order valence-corrected chi connectivity index (χ1v) is 8.32. The third-order valence-electron chi connectivity index (χ3n) is 4.76. The molecule has 11 nitrogen and oxygen atoms in total.